The Hall–Kier alpha value is 0.849. The SMILES string of the molecule is NC(=S)[S-].NC(=S)[S-].NC(=S)[S-].[Mn+3]. The van der Waals surface area contributed by atoms with Gasteiger partial charge in [-0.15, -0.1) is 0 Å². The minimum absolute atomic E-state index is 0. The van der Waals surface area contributed by atoms with Crippen molar-refractivity contribution < 1.29 is 17.1 Å². The number of hydrogen-bond donors (Lipinski definition) is 3. The molecule has 0 radical (unpaired) electrons. The van der Waals surface area contributed by atoms with Crippen molar-refractivity contribution in [2.45, 2.75) is 0 Å². The Balaban J connectivity index is -0.0000000450. The molecule has 6 N–H and O–H groups in total. The fourth-order valence-electron chi connectivity index (χ4n) is 0. The van der Waals surface area contributed by atoms with Crippen LogP contribution >= 0.6 is 36.7 Å². The number of hydrogen-bond acceptors (Lipinski definition) is 6. The molecule has 10 heteroatoms. The van der Waals surface area contributed by atoms with Crippen molar-refractivity contribution in [3.8, 4) is 0 Å². The van der Waals surface area contributed by atoms with E-state index in [0.717, 1.165) is 0 Å². The summed E-state index contributed by atoms with van der Waals surface area (Å²) >= 11 is 24.8. The second-order valence-corrected chi connectivity index (χ2v) is 4.37. The van der Waals surface area contributed by atoms with E-state index in [0.29, 0.717) is 0 Å². The molecule has 0 spiro atoms. The molecule has 0 atom stereocenters. The normalized spacial score (nSPS) is 5.54. The molecule has 0 aliphatic rings. The van der Waals surface area contributed by atoms with Crippen LogP contribution in [0.1, 0.15) is 0 Å². The first-order chi connectivity index (χ1) is 5.20. The Bertz CT molecular complexity index is 121. The van der Waals surface area contributed by atoms with Crippen molar-refractivity contribution in [2.24, 2.45) is 17.2 Å². The molecule has 3 nitrogen and oxygen atoms in total. The van der Waals surface area contributed by atoms with Gasteiger partial charge in [0.25, 0.3) is 0 Å². The quantitative estimate of drug-likeness (QED) is 0.304. The van der Waals surface area contributed by atoms with Crippen LogP contribution in [0.4, 0.5) is 0 Å². The summed E-state index contributed by atoms with van der Waals surface area (Å²) in [5, 5.41) is 0. The number of nitrogens with two attached hydrogens (primary N) is 3. The monoisotopic (exact) mass is 331 g/mol. The van der Waals surface area contributed by atoms with Crippen LogP contribution in [-0.4, -0.2) is 13.0 Å². The van der Waals surface area contributed by atoms with E-state index in [1.807, 2.05) is 0 Å². The largest absolute Gasteiger partial charge is 3.00 e. The van der Waals surface area contributed by atoms with Crippen LogP contribution in [0, 0.1) is 0 Å². The van der Waals surface area contributed by atoms with Crippen molar-refractivity contribution in [3.63, 3.8) is 0 Å². The first-order valence-corrected chi connectivity index (χ1v) is 4.54. The van der Waals surface area contributed by atoms with Crippen LogP contribution in [-0.2, 0) is 55.0 Å². The first kappa shape index (κ1) is 23.6. The summed E-state index contributed by atoms with van der Waals surface area (Å²) in [4.78, 5) is 0. The van der Waals surface area contributed by atoms with Crippen molar-refractivity contribution in [2.75, 3.05) is 0 Å². The molecule has 0 aromatic heterocycles. The second kappa shape index (κ2) is 18.6. The Morgan fingerprint density at radius 1 is 0.692 bits per heavy atom. The van der Waals surface area contributed by atoms with Gasteiger partial charge in [-0.25, -0.2) is 0 Å². The van der Waals surface area contributed by atoms with Gasteiger partial charge in [0.05, 0.1) is 0 Å². The van der Waals surface area contributed by atoms with E-state index in [1.165, 1.54) is 0 Å². The van der Waals surface area contributed by atoms with Gasteiger partial charge in [0.15, 0.2) is 0 Å². The van der Waals surface area contributed by atoms with Crippen LogP contribution in [0.2, 0.25) is 0 Å². The van der Waals surface area contributed by atoms with Crippen LogP contribution in [0.3, 0.4) is 0 Å². The summed E-state index contributed by atoms with van der Waals surface area (Å²) in [5.74, 6) is 0. The molecule has 0 unspecified atom stereocenters. The topological polar surface area (TPSA) is 78.1 Å². The molecule has 0 amide bonds. The zero-order chi connectivity index (χ0) is 10.7. The van der Waals surface area contributed by atoms with Crippen LogP contribution in [0.15, 0.2) is 0 Å². The average molecular weight is 331 g/mol. The molecule has 0 saturated carbocycles. The maximum atomic E-state index is 4.66. The van der Waals surface area contributed by atoms with Gasteiger partial charge < -0.3 is 91.7 Å². The van der Waals surface area contributed by atoms with E-state index in [9.17, 15) is 0 Å². The Kier molecular flexibility index (Phi) is 33.7. The predicted octanol–water partition coefficient (Wildman–Crippen LogP) is -0.672. The summed E-state index contributed by atoms with van der Waals surface area (Å²) in [6.45, 7) is 0. The zero-order valence-electron chi connectivity index (χ0n) is 6.06. The van der Waals surface area contributed by atoms with Crippen molar-refractivity contribution in [1.29, 1.82) is 0 Å². The molecule has 76 valence electrons. The van der Waals surface area contributed by atoms with Crippen LogP contribution < -0.4 is 17.2 Å². The van der Waals surface area contributed by atoms with E-state index in [4.69, 9.17) is 0 Å². The minimum Gasteiger partial charge on any atom is -0.415 e. The third-order valence-corrected chi connectivity index (χ3v) is 0. The maximum absolute atomic E-state index is 4.66. The third kappa shape index (κ3) is 2100. The Morgan fingerprint density at radius 3 is 0.692 bits per heavy atom. The van der Waals surface area contributed by atoms with Gasteiger partial charge in [0.2, 0.25) is 0 Å². The van der Waals surface area contributed by atoms with Gasteiger partial charge in [-0.05, 0) is 0 Å². The molecule has 0 fully saturated rings. The van der Waals surface area contributed by atoms with Crippen molar-refractivity contribution >= 4 is 87.5 Å². The fraction of sp³-hybridized carbons (Fsp3) is 0. The van der Waals surface area contributed by atoms with E-state index in [-0.39, 0.29) is 30.0 Å². The van der Waals surface area contributed by atoms with E-state index in [2.05, 4.69) is 91.7 Å². The van der Waals surface area contributed by atoms with Gasteiger partial charge in [0, 0.05) is 0 Å². The predicted molar refractivity (Wildman–Crippen MR) is 72.5 cm³/mol. The molecule has 0 bridgehead atoms. The molecule has 0 rings (SSSR count). The zero-order valence-corrected chi connectivity index (χ0v) is 12.1. The molecule has 0 aliphatic carbocycles. The standard InChI is InChI=1S/3CH3NS2.Mn/c3*2-1(3)4;/h3*(H3,2,3,4);/q;;;+3/p-3. The molecule has 0 heterocycles. The number of rotatable bonds is 0. The summed E-state index contributed by atoms with van der Waals surface area (Å²) in [6, 6.07) is 0. The summed E-state index contributed by atoms with van der Waals surface area (Å²) in [6.07, 6.45) is 0. The summed E-state index contributed by atoms with van der Waals surface area (Å²) in [5.41, 5.74) is 14.0. The molecule has 0 aliphatic heterocycles. The van der Waals surface area contributed by atoms with Crippen LogP contribution in [0.5, 0.6) is 0 Å². The fourth-order valence-corrected chi connectivity index (χ4v) is 0. The molecular weight excluding hydrogens is 325 g/mol. The summed E-state index contributed by atoms with van der Waals surface area (Å²) in [7, 11) is 0. The minimum atomic E-state index is 0. The van der Waals surface area contributed by atoms with E-state index < -0.39 is 0 Å². The molecule has 0 aromatic rings. The Morgan fingerprint density at radius 2 is 0.692 bits per heavy atom. The average Bonchev–Trinajstić information content (AvgIpc) is 1.54. The van der Waals surface area contributed by atoms with Crippen molar-refractivity contribution in [1.82, 2.24) is 0 Å². The van der Waals surface area contributed by atoms with Crippen LogP contribution in [0.25, 0.3) is 0 Å². The van der Waals surface area contributed by atoms with Crippen molar-refractivity contribution in [3.05, 3.63) is 0 Å². The van der Waals surface area contributed by atoms with Gasteiger partial charge in [-0.1, -0.05) is 13.0 Å². The third-order valence-electron chi connectivity index (χ3n) is 0. The van der Waals surface area contributed by atoms with Gasteiger partial charge in [-0.2, -0.15) is 0 Å². The number of thiocarbonyl (C=S) groups is 3. The first-order valence-electron chi connectivity index (χ1n) is 2.09. The maximum Gasteiger partial charge on any atom is 3.00 e. The van der Waals surface area contributed by atoms with Gasteiger partial charge in [0.1, 0.15) is 0 Å². The molecule has 13 heavy (non-hydrogen) atoms. The summed E-state index contributed by atoms with van der Waals surface area (Å²) < 4.78 is 0.250. The molecule has 0 saturated heterocycles. The second-order valence-electron chi connectivity index (χ2n) is 0.957. The van der Waals surface area contributed by atoms with E-state index in [1.54, 1.807) is 0 Å². The smallest absolute Gasteiger partial charge is 0.415 e. The molecular formula is C3H6MnN3S6. The van der Waals surface area contributed by atoms with Gasteiger partial charge >= 0.3 is 17.1 Å². The van der Waals surface area contributed by atoms with E-state index >= 15 is 0 Å². The molecule has 0 aromatic carbocycles. The Labute approximate surface area is 121 Å². The van der Waals surface area contributed by atoms with Gasteiger partial charge in [-0.3, -0.25) is 0 Å².